The molecular weight excluding hydrogens is 222 g/mol. The highest BCUT2D eigenvalue weighted by atomic mass is 16.5. The molecule has 0 saturated carbocycles. The van der Waals surface area contributed by atoms with Crippen LogP contribution in [0.15, 0.2) is 23.8 Å². The Morgan fingerprint density at radius 2 is 2.00 bits per heavy atom. The van der Waals surface area contributed by atoms with Crippen molar-refractivity contribution in [3.8, 4) is 0 Å². The van der Waals surface area contributed by atoms with Crippen LogP contribution < -0.4 is 0 Å². The second kappa shape index (κ2) is 8.49. The summed E-state index contributed by atoms with van der Waals surface area (Å²) in [5.74, 6) is 0.490. The molecule has 2 atom stereocenters. The highest BCUT2D eigenvalue weighted by molar-refractivity contribution is 5.27. The van der Waals surface area contributed by atoms with Crippen molar-refractivity contribution in [2.24, 2.45) is 5.92 Å². The van der Waals surface area contributed by atoms with Gasteiger partial charge in [-0.3, -0.25) is 4.90 Å². The van der Waals surface area contributed by atoms with Crippen molar-refractivity contribution in [2.75, 3.05) is 26.7 Å². The molecule has 0 heterocycles. The molecule has 0 aliphatic heterocycles. The minimum absolute atomic E-state index is 0.254. The van der Waals surface area contributed by atoms with Crippen molar-refractivity contribution in [1.29, 1.82) is 0 Å². The van der Waals surface area contributed by atoms with E-state index in [1.54, 1.807) is 7.11 Å². The van der Waals surface area contributed by atoms with Gasteiger partial charge in [-0.25, -0.2) is 0 Å². The molecule has 104 valence electrons. The number of hydrogen-bond acceptors (Lipinski definition) is 2. The lowest BCUT2D eigenvalue weighted by atomic mass is 9.95. The SMILES string of the molecule is CCCCN(CCC)CC1=CC(C)C(OC)C=C1. The van der Waals surface area contributed by atoms with Gasteiger partial charge in [0.1, 0.15) is 0 Å². The van der Waals surface area contributed by atoms with Gasteiger partial charge in [-0.2, -0.15) is 0 Å². The Morgan fingerprint density at radius 1 is 1.22 bits per heavy atom. The first-order chi connectivity index (χ1) is 8.71. The molecule has 1 aliphatic rings. The summed E-state index contributed by atoms with van der Waals surface area (Å²) in [6.07, 6.45) is 10.9. The Morgan fingerprint density at radius 3 is 2.56 bits per heavy atom. The number of rotatable bonds is 8. The van der Waals surface area contributed by atoms with E-state index in [4.69, 9.17) is 4.74 Å². The number of ether oxygens (including phenoxy) is 1. The molecule has 2 unspecified atom stereocenters. The van der Waals surface area contributed by atoms with Gasteiger partial charge < -0.3 is 4.74 Å². The maximum absolute atomic E-state index is 5.42. The third-order valence-electron chi connectivity index (χ3n) is 3.54. The lowest BCUT2D eigenvalue weighted by Crippen LogP contribution is -2.29. The molecule has 0 radical (unpaired) electrons. The van der Waals surface area contributed by atoms with E-state index in [-0.39, 0.29) is 6.10 Å². The zero-order valence-electron chi connectivity index (χ0n) is 12.5. The third kappa shape index (κ3) is 4.95. The molecule has 0 N–H and O–H groups in total. The average Bonchev–Trinajstić information content (AvgIpc) is 2.36. The first-order valence-electron chi connectivity index (χ1n) is 7.35. The number of unbranched alkanes of at least 4 members (excludes halogenated alkanes) is 1. The zero-order valence-corrected chi connectivity index (χ0v) is 12.5. The molecule has 0 aromatic rings. The Bertz CT molecular complexity index is 283. The molecule has 1 aliphatic carbocycles. The standard InChI is InChI=1S/C16H29NO/c1-5-7-11-17(10-6-2)13-15-8-9-16(18-4)14(3)12-15/h8-9,12,14,16H,5-7,10-11,13H2,1-4H3. The van der Waals surface area contributed by atoms with Crippen LogP contribution in [0, 0.1) is 5.92 Å². The minimum atomic E-state index is 0.254. The van der Waals surface area contributed by atoms with Gasteiger partial charge in [0.2, 0.25) is 0 Å². The van der Waals surface area contributed by atoms with Gasteiger partial charge in [-0.15, -0.1) is 0 Å². The van der Waals surface area contributed by atoms with Crippen LogP contribution in [0.4, 0.5) is 0 Å². The summed E-state index contributed by atoms with van der Waals surface area (Å²) in [6, 6.07) is 0. The van der Waals surface area contributed by atoms with E-state index in [2.05, 4.69) is 43.9 Å². The molecule has 2 nitrogen and oxygen atoms in total. The van der Waals surface area contributed by atoms with Crippen LogP contribution in [-0.4, -0.2) is 37.7 Å². The quantitative estimate of drug-likeness (QED) is 0.653. The molecular formula is C16H29NO. The molecule has 0 aromatic heterocycles. The van der Waals surface area contributed by atoms with E-state index in [1.807, 2.05) is 0 Å². The first kappa shape index (κ1) is 15.5. The molecule has 0 bridgehead atoms. The molecule has 18 heavy (non-hydrogen) atoms. The van der Waals surface area contributed by atoms with E-state index in [0.29, 0.717) is 5.92 Å². The Kier molecular flexibility index (Phi) is 7.29. The zero-order chi connectivity index (χ0) is 13.4. The van der Waals surface area contributed by atoms with Crippen molar-refractivity contribution >= 4 is 0 Å². The van der Waals surface area contributed by atoms with Gasteiger partial charge in [-0.05, 0) is 31.5 Å². The fraction of sp³-hybridized carbons (Fsp3) is 0.750. The van der Waals surface area contributed by atoms with Gasteiger partial charge in [0.25, 0.3) is 0 Å². The second-order valence-corrected chi connectivity index (χ2v) is 5.29. The van der Waals surface area contributed by atoms with Crippen LogP contribution in [0.3, 0.4) is 0 Å². The third-order valence-corrected chi connectivity index (χ3v) is 3.54. The first-order valence-corrected chi connectivity index (χ1v) is 7.35. The molecule has 0 spiro atoms. The largest absolute Gasteiger partial charge is 0.377 e. The van der Waals surface area contributed by atoms with E-state index < -0.39 is 0 Å². The normalized spacial score (nSPS) is 23.5. The summed E-state index contributed by atoms with van der Waals surface area (Å²) >= 11 is 0. The molecule has 0 amide bonds. The van der Waals surface area contributed by atoms with E-state index in [1.165, 1.54) is 37.9 Å². The van der Waals surface area contributed by atoms with Crippen LogP contribution in [0.1, 0.15) is 40.0 Å². The van der Waals surface area contributed by atoms with Gasteiger partial charge in [-0.1, -0.05) is 45.4 Å². The monoisotopic (exact) mass is 251 g/mol. The van der Waals surface area contributed by atoms with Gasteiger partial charge in [0.05, 0.1) is 6.10 Å². The van der Waals surface area contributed by atoms with Gasteiger partial charge in [0.15, 0.2) is 0 Å². The smallest absolute Gasteiger partial charge is 0.0815 e. The maximum Gasteiger partial charge on any atom is 0.0815 e. The Labute approximate surface area is 113 Å². The fourth-order valence-electron chi connectivity index (χ4n) is 2.51. The molecule has 0 fully saturated rings. The summed E-state index contributed by atoms with van der Waals surface area (Å²) < 4.78 is 5.42. The van der Waals surface area contributed by atoms with Crippen LogP contribution >= 0.6 is 0 Å². The van der Waals surface area contributed by atoms with Crippen LogP contribution in [0.5, 0.6) is 0 Å². The highest BCUT2D eigenvalue weighted by Crippen LogP contribution is 2.20. The molecule has 0 saturated heterocycles. The average molecular weight is 251 g/mol. The van der Waals surface area contributed by atoms with E-state index in [0.717, 1.165) is 6.54 Å². The number of nitrogens with zero attached hydrogens (tertiary/aromatic N) is 1. The van der Waals surface area contributed by atoms with Crippen LogP contribution in [0.25, 0.3) is 0 Å². The Balaban J connectivity index is 2.51. The fourth-order valence-corrected chi connectivity index (χ4v) is 2.51. The lowest BCUT2D eigenvalue weighted by molar-refractivity contribution is 0.111. The topological polar surface area (TPSA) is 12.5 Å². The molecule has 0 aromatic carbocycles. The van der Waals surface area contributed by atoms with Gasteiger partial charge >= 0.3 is 0 Å². The van der Waals surface area contributed by atoms with Crippen molar-refractivity contribution in [1.82, 2.24) is 4.90 Å². The van der Waals surface area contributed by atoms with E-state index in [9.17, 15) is 0 Å². The van der Waals surface area contributed by atoms with Gasteiger partial charge in [0, 0.05) is 19.6 Å². The predicted octanol–water partition coefficient (Wildman–Crippen LogP) is 3.65. The van der Waals surface area contributed by atoms with Crippen molar-refractivity contribution in [2.45, 2.75) is 46.1 Å². The second-order valence-electron chi connectivity index (χ2n) is 5.29. The van der Waals surface area contributed by atoms with Crippen molar-refractivity contribution < 1.29 is 4.74 Å². The summed E-state index contributed by atoms with van der Waals surface area (Å²) in [4.78, 5) is 2.57. The predicted molar refractivity (Wildman–Crippen MR) is 78.8 cm³/mol. The number of methoxy groups -OCH3 is 1. The van der Waals surface area contributed by atoms with Crippen LogP contribution in [-0.2, 0) is 4.74 Å². The lowest BCUT2D eigenvalue weighted by Gasteiger charge is -2.26. The van der Waals surface area contributed by atoms with Crippen molar-refractivity contribution in [3.63, 3.8) is 0 Å². The summed E-state index contributed by atoms with van der Waals surface area (Å²) in [5.41, 5.74) is 1.44. The molecule has 1 rings (SSSR count). The number of hydrogen-bond donors (Lipinski definition) is 0. The van der Waals surface area contributed by atoms with Crippen LogP contribution in [0.2, 0.25) is 0 Å². The summed E-state index contributed by atoms with van der Waals surface area (Å²) in [7, 11) is 1.79. The summed E-state index contributed by atoms with van der Waals surface area (Å²) in [6.45, 7) is 10.3. The Hall–Kier alpha value is -0.600. The summed E-state index contributed by atoms with van der Waals surface area (Å²) in [5, 5.41) is 0. The highest BCUT2D eigenvalue weighted by Gasteiger charge is 2.16. The van der Waals surface area contributed by atoms with E-state index >= 15 is 0 Å². The molecule has 2 heteroatoms. The minimum Gasteiger partial charge on any atom is -0.377 e. The maximum atomic E-state index is 5.42. The van der Waals surface area contributed by atoms with Crippen molar-refractivity contribution in [3.05, 3.63) is 23.8 Å².